The molecule has 0 radical (unpaired) electrons. The average molecular weight is 315 g/mol. The van der Waals surface area contributed by atoms with Crippen molar-refractivity contribution >= 4 is 17.3 Å². The molecule has 0 saturated carbocycles. The largest absolute Gasteiger partial charge is 0.367 e. The first-order valence-corrected chi connectivity index (χ1v) is 9.16. The smallest absolute Gasteiger partial charge is 0.227 e. The van der Waals surface area contributed by atoms with Gasteiger partial charge in [-0.25, -0.2) is 0 Å². The second kappa shape index (κ2) is 7.82. The van der Waals surface area contributed by atoms with Gasteiger partial charge in [0.1, 0.15) is 0 Å². The summed E-state index contributed by atoms with van der Waals surface area (Å²) in [6, 6.07) is 8.38. The third kappa shape index (κ3) is 3.86. The van der Waals surface area contributed by atoms with Crippen molar-refractivity contribution in [2.75, 3.05) is 49.1 Å². The van der Waals surface area contributed by atoms with Gasteiger partial charge >= 0.3 is 0 Å². The number of hydrogen-bond donors (Lipinski definition) is 0. The maximum Gasteiger partial charge on any atom is 0.227 e. The molecule has 126 valence electrons. The summed E-state index contributed by atoms with van der Waals surface area (Å²) in [5.74, 6) is 0.260. The van der Waals surface area contributed by atoms with E-state index < -0.39 is 0 Å². The third-order valence-corrected chi connectivity index (χ3v) is 5.01. The molecule has 3 rings (SSSR count). The Morgan fingerprint density at radius 1 is 0.957 bits per heavy atom. The number of likely N-dealkylation sites (tertiary alicyclic amines) is 1. The Hall–Kier alpha value is -1.55. The summed E-state index contributed by atoms with van der Waals surface area (Å²) in [4.78, 5) is 19.4. The number of piperidine rings is 1. The van der Waals surface area contributed by atoms with E-state index in [-0.39, 0.29) is 5.91 Å². The summed E-state index contributed by atoms with van der Waals surface area (Å²) in [7, 11) is 0. The van der Waals surface area contributed by atoms with Crippen LogP contribution in [0, 0.1) is 0 Å². The fourth-order valence-electron chi connectivity index (χ4n) is 3.71. The molecule has 0 aromatic heterocycles. The highest BCUT2D eigenvalue weighted by atomic mass is 16.2. The summed E-state index contributed by atoms with van der Waals surface area (Å²) >= 11 is 0. The minimum absolute atomic E-state index is 0.260. The van der Waals surface area contributed by atoms with Crippen LogP contribution >= 0.6 is 0 Å². The lowest BCUT2D eigenvalue weighted by Gasteiger charge is -2.39. The Labute approximate surface area is 140 Å². The topological polar surface area (TPSA) is 26.8 Å². The van der Waals surface area contributed by atoms with Crippen molar-refractivity contribution in [2.45, 2.75) is 39.0 Å². The van der Waals surface area contributed by atoms with Gasteiger partial charge in [0.05, 0.1) is 11.4 Å². The minimum Gasteiger partial charge on any atom is -0.367 e. The number of fused-ring (bicyclic) bond motifs is 1. The predicted octanol–water partition coefficient (Wildman–Crippen LogP) is 3.13. The zero-order valence-electron chi connectivity index (χ0n) is 14.3. The number of carbonyl (C=O) groups excluding carboxylic acids is 1. The van der Waals surface area contributed by atoms with E-state index in [9.17, 15) is 4.79 Å². The van der Waals surface area contributed by atoms with E-state index >= 15 is 0 Å². The van der Waals surface area contributed by atoms with Gasteiger partial charge in [-0.05, 0) is 44.5 Å². The van der Waals surface area contributed by atoms with Gasteiger partial charge in [-0.1, -0.05) is 25.5 Å². The molecule has 1 aromatic carbocycles. The second-order valence-electron chi connectivity index (χ2n) is 6.67. The molecule has 1 aromatic rings. The normalized spacial score (nSPS) is 18.8. The zero-order valence-corrected chi connectivity index (χ0v) is 14.3. The standard InChI is InChI=1S/C19H29N3O/c1-2-8-19(23)22-16-15-21(17-9-4-5-10-18(17)22)14-13-20-11-6-3-7-12-20/h4-5,9-10H,2-3,6-8,11-16H2,1H3. The van der Waals surface area contributed by atoms with Crippen molar-refractivity contribution in [3.05, 3.63) is 24.3 Å². The fourth-order valence-corrected chi connectivity index (χ4v) is 3.71. The van der Waals surface area contributed by atoms with Crippen LogP contribution in [0.2, 0.25) is 0 Å². The third-order valence-electron chi connectivity index (χ3n) is 5.01. The molecule has 2 heterocycles. The van der Waals surface area contributed by atoms with Gasteiger partial charge in [-0.15, -0.1) is 0 Å². The minimum atomic E-state index is 0.260. The van der Waals surface area contributed by atoms with Crippen LogP contribution in [-0.2, 0) is 4.79 Å². The van der Waals surface area contributed by atoms with Gasteiger partial charge in [-0.3, -0.25) is 4.79 Å². The van der Waals surface area contributed by atoms with E-state index in [2.05, 4.69) is 34.9 Å². The van der Waals surface area contributed by atoms with Gasteiger partial charge in [-0.2, -0.15) is 0 Å². The molecular weight excluding hydrogens is 286 g/mol. The summed E-state index contributed by atoms with van der Waals surface area (Å²) in [5, 5.41) is 0. The van der Waals surface area contributed by atoms with E-state index in [1.54, 1.807) is 0 Å². The van der Waals surface area contributed by atoms with Crippen LogP contribution in [0.15, 0.2) is 24.3 Å². The van der Waals surface area contributed by atoms with Crippen molar-refractivity contribution in [1.29, 1.82) is 0 Å². The average Bonchev–Trinajstić information content (AvgIpc) is 2.60. The van der Waals surface area contributed by atoms with E-state index in [0.29, 0.717) is 6.42 Å². The quantitative estimate of drug-likeness (QED) is 0.835. The predicted molar refractivity (Wildman–Crippen MR) is 96.2 cm³/mol. The molecule has 4 heteroatoms. The summed E-state index contributed by atoms with van der Waals surface area (Å²) < 4.78 is 0. The van der Waals surface area contributed by atoms with Gasteiger partial charge in [0.2, 0.25) is 5.91 Å². The Morgan fingerprint density at radius 2 is 1.70 bits per heavy atom. The van der Waals surface area contributed by atoms with Gasteiger partial charge < -0.3 is 14.7 Å². The molecule has 1 amide bonds. The van der Waals surface area contributed by atoms with Crippen molar-refractivity contribution in [3.63, 3.8) is 0 Å². The number of hydrogen-bond acceptors (Lipinski definition) is 3. The number of rotatable bonds is 5. The molecule has 1 saturated heterocycles. The van der Waals surface area contributed by atoms with E-state index in [4.69, 9.17) is 0 Å². The van der Waals surface area contributed by atoms with Crippen LogP contribution in [0.1, 0.15) is 39.0 Å². The van der Waals surface area contributed by atoms with Crippen molar-refractivity contribution in [1.82, 2.24) is 4.90 Å². The highest BCUT2D eigenvalue weighted by Crippen LogP contribution is 2.33. The zero-order chi connectivity index (χ0) is 16.1. The lowest BCUT2D eigenvalue weighted by atomic mass is 10.1. The number of carbonyl (C=O) groups is 1. The van der Waals surface area contributed by atoms with Crippen LogP contribution in [-0.4, -0.2) is 50.1 Å². The molecule has 0 aliphatic carbocycles. The lowest BCUT2D eigenvalue weighted by molar-refractivity contribution is -0.118. The first-order valence-electron chi connectivity index (χ1n) is 9.16. The number of benzene rings is 1. The van der Waals surface area contributed by atoms with Crippen LogP contribution < -0.4 is 9.80 Å². The van der Waals surface area contributed by atoms with Crippen molar-refractivity contribution in [2.24, 2.45) is 0 Å². The molecule has 0 bridgehead atoms. The van der Waals surface area contributed by atoms with Gasteiger partial charge in [0.15, 0.2) is 0 Å². The van der Waals surface area contributed by atoms with Crippen molar-refractivity contribution < 1.29 is 4.79 Å². The molecule has 0 atom stereocenters. The van der Waals surface area contributed by atoms with Crippen LogP contribution in [0.3, 0.4) is 0 Å². The van der Waals surface area contributed by atoms with Crippen molar-refractivity contribution in [3.8, 4) is 0 Å². The van der Waals surface area contributed by atoms with Gasteiger partial charge in [0.25, 0.3) is 0 Å². The lowest BCUT2D eigenvalue weighted by Crippen LogP contribution is -2.46. The Morgan fingerprint density at radius 3 is 2.43 bits per heavy atom. The van der Waals surface area contributed by atoms with Crippen LogP contribution in [0.4, 0.5) is 11.4 Å². The number of amides is 1. The molecule has 0 N–H and O–H groups in total. The molecule has 4 nitrogen and oxygen atoms in total. The summed E-state index contributed by atoms with van der Waals surface area (Å²) in [6.45, 7) is 8.52. The SMILES string of the molecule is CCCC(=O)N1CCN(CCN2CCCCC2)c2ccccc21. The molecule has 0 spiro atoms. The highest BCUT2D eigenvalue weighted by molar-refractivity contribution is 5.97. The summed E-state index contributed by atoms with van der Waals surface area (Å²) in [6.07, 6.45) is 5.63. The Kier molecular flexibility index (Phi) is 5.55. The number of anilines is 2. The molecule has 2 aliphatic heterocycles. The maximum absolute atomic E-state index is 12.4. The van der Waals surface area contributed by atoms with E-state index in [1.807, 2.05) is 11.0 Å². The van der Waals surface area contributed by atoms with E-state index in [0.717, 1.165) is 38.3 Å². The molecule has 2 aliphatic rings. The Bertz CT molecular complexity index is 525. The fraction of sp³-hybridized carbons (Fsp3) is 0.632. The summed E-state index contributed by atoms with van der Waals surface area (Å²) in [5.41, 5.74) is 2.32. The second-order valence-corrected chi connectivity index (χ2v) is 6.67. The molecular formula is C19H29N3O. The highest BCUT2D eigenvalue weighted by Gasteiger charge is 2.26. The van der Waals surface area contributed by atoms with E-state index in [1.165, 1.54) is 38.0 Å². The first-order chi connectivity index (χ1) is 11.3. The first kappa shape index (κ1) is 16.3. The Balaban J connectivity index is 1.68. The number of para-hydroxylation sites is 2. The van der Waals surface area contributed by atoms with Crippen LogP contribution in [0.25, 0.3) is 0 Å². The molecule has 23 heavy (non-hydrogen) atoms. The maximum atomic E-state index is 12.4. The van der Waals surface area contributed by atoms with Gasteiger partial charge in [0, 0.05) is 32.6 Å². The molecule has 1 fully saturated rings. The number of nitrogens with zero attached hydrogens (tertiary/aromatic N) is 3. The molecule has 0 unspecified atom stereocenters. The van der Waals surface area contributed by atoms with Crippen LogP contribution in [0.5, 0.6) is 0 Å². The monoisotopic (exact) mass is 315 g/mol.